The van der Waals surface area contributed by atoms with Gasteiger partial charge in [-0.25, -0.2) is 0 Å². The van der Waals surface area contributed by atoms with Crippen molar-refractivity contribution in [2.75, 3.05) is 6.61 Å². The van der Waals surface area contributed by atoms with Crippen molar-refractivity contribution < 1.29 is 4.74 Å². The van der Waals surface area contributed by atoms with Crippen LogP contribution in [0.4, 0.5) is 0 Å². The van der Waals surface area contributed by atoms with Crippen molar-refractivity contribution in [1.82, 2.24) is 20.1 Å². The average molecular weight is 279 g/mol. The zero-order valence-electron chi connectivity index (χ0n) is 10.7. The first-order chi connectivity index (χ1) is 9.24. The monoisotopic (exact) mass is 278 g/mol. The molecular weight excluding hydrogens is 264 g/mol. The van der Waals surface area contributed by atoms with Crippen LogP contribution in [0.15, 0.2) is 18.5 Å². The quantitative estimate of drug-likeness (QED) is 0.925. The third kappa shape index (κ3) is 2.57. The minimum Gasteiger partial charge on any atom is -0.493 e. The van der Waals surface area contributed by atoms with Crippen molar-refractivity contribution in [3.63, 3.8) is 0 Å². The van der Waals surface area contributed by atoms with Gasteiger partial charge in [0.1, 0.15) is 17.9 Å². The summed E-state index contributed by atoms with van der Waals surface area (Å²) in [5, 5.41) is 12.0. The van der Waals surface area contributed by atoms with Gasteiger partial charge in [0.25, 0.3) is 0 Å². The van der Waals surface area contributed by atoms with Gasteiger partial charge in [-0.15, -0.1) is 10.2 Å². The molecule has 0 radical (unpaired) electrons. The number of halogens is 1. The smallest absolute Gasteiger partial charge is 0.146 e. The highest BCUT2D eigenvalue weighted by Gasteiger charge is 2.17. The summed E-state index contributed by atoms with van der Waals surface area (Å²) >= 11 is 6.12. The highest BCUT2D eigenvalue weighted by atomic mass is 35.5. The van der Waals surface area contributed by atoms with E-state index in [0.29, 0.717) is 13.1 Å². The summed E-state index contributed by atoms with van der Waals surface area (Å²) in [4.78, 5) is 0. The normalized spacial score (nSPS) is 13.4. The molecule has 19 heavy (non-hydrogen) atoms. The summed E-state index contributed by atoms with van der Waals surface area (Å²) in [5.74, 6) is 1.88. The molecule has 0 aliphatic carbocycles. The van der Waals surface area contributed by atoms with Crippen molar-refractivity contribution in [3.05, 3.63) is 40.4 Å². The molecule has 2 heterocycles. The zero-order chi connectivity index (χ0) is 13.2. The Kier molecular flexibility index (Phi) is 3.40. The Hall–Kier alpha value is -1.59. The number of ether oxygens (including phenoxy) is 1. The van der Waals surface area contributed by atoms with Gasteiger partial charge in [-0.1, -0.05) is 11.6 Å². The van der Waals surface area contributed by atoms with Gasteiger partial charge in [0.05, 0.1) is 13.2 Å². The van der Waals surface area contributed by atoms with Crippen LogP contribution in [0.2, 0.25) is 5.02 Å². The average Bonchev–Trinajstić information content (AvgIpc) is 2.98. The highest BCUT2D eigenvalue weighted by molar-refractivity contribution is 6.30. The van der Waals surface area contributed by atoms with E-state index in [1.165, 1.54) is 5.56 Å². The van der Waals surface area contributed by atoms with Gasteiger partial charge in [0, 0.05) is 30.6 Å². The number of hydrogen-bond acceptors (Lipinski definition) is 4. The molecule has 1 aromatic heterocycles. The van der Waals surface area contributed by atoms with Crippen LogP contribution in [0, 0.1) is 0 Å². The second-order valence-corrected chi connectivity index (χ2v) is 5.05. The van der Waals surface area contributed by atoms with Gasteiger partial charge in [0.15, 0.2) is 0 Å². The molecule has 2 aromatic rings. The summed E-state index contributed by atoms with van der Waals surface area (Å²) in [6.07, 6.45) is 2.63. The Morgan fingerprint density at radius 2 is 2.32 bits per heavy atom. The lowest BCUT2D eigenvalue weighted by atomic mass is 10.1. The van der Waals surface area contributed by atoms with Gasteiger partial charge in [-0.05, 0) is 17.7 Å². The number of hydrogen-bond donors (Lipinski definition) is 1. The maximum atomic E-state index is 6.12. The minimum absolute atomic E-state index is 0.664. The van der Waals surface area contributed by atoms with E-state index in [2.05, 4.69) is 15.5 Å². The molecule has 5 nitrogen and oxygen atoms in total. The van der Waals surface area contributed by atoms with E-state index in [0.717, 1.165) is 35.2 Å². The number of nitrogens with one attached hydrogen (secondary N) is 1. The Labute approximate surface area is 116 Å². The first-order valence-corrected chi connectivity index (χ1v) is 6.59. The number of nitrogens with zero attached hydrogens (tertiary/aromatic N) is 3. The molecule has 0 saturated carbocycles. The predicted molar refractivity (Wildman–Crippen MR) is 72.2 cm³/mol. The first-order valence-electron chi connectivity index (χ1n) is 6.22. The summed E-state index contributed by atoms with van der Waals surface area (Å²) in [5.41, 5.74) is 2.30. The topological polar surface area (TPSA) is 52.0 Å². The third-order valence-electron chi connectivity index (χ3n) is 3.23. The van der Waals surface area contributed by atoms with Crippen molar-refractivity contribution >= 4 is 11.6 Å². The number of rotatable bonds is 4. The molecule has 1 aliphatic heterocycles. The predicted octanol–water partition coefficient (Wildman–Crippen LogP) is 1.69. The standard InChI is InChI=1S/C13H15ClN4O/c1-18-8-16-17-12(18)7-15-6-10-5-11(14)4-9-2-3-19-13(9)10/h4-5,8,15H,2-3,6-7H2,1H3. The summed E-state index contributed by atoms with van der Waals surface area (Å²) in [6.45, 7) is 2.11. The van der Waals surface area contributed by atoms with Crippen molar-refractivity contribution in [2.45, 2.75) is 19.5 Å². The van der Waals surface area contributed by atoms with E-state index >= 15 is 0 Å². The van der Waals surface area contributed by atoms with Gasteiger partial charge < -0.3 is 14.6 Å². The Bertz CT molecular complexity index is 596. The molecule has 1 N–H and O–H groups in total. The molecule has 3 rings (SSSR count). The fourth-order valence-corrected chi connectivity index (χ4v) is 2.52. The van der Waals surface area contributed by atoms with E-state index in [4.69, 9.17) is 16.3 Å². The van der Waals surface area contributed by atoms with Gasteiger partial charge in [-0.3, -0.25) is 0 Å². The summed E-state index contributed by atoms with van der Waals surface area (Å²) in [7, 11) is 1.93. The van der Waals surface area contributed by atoms with Crippen LogP contribution in [0.25, 0.3) is 0 Å². The van der Waals surface area contributed by atoms with Crippen LogP contribution in [0.5, 0.6) is 5.75 Å². The summed E-state index contributed by atoms with van der Waals surface area (Å²) in [6, 6.07) is 3.94. The SMILES string of the molecule is Cn1cnnc1CNCc1cc(Cl)cc2c1OCC2. The molecule has 1 aromatic carbocycles. The van der Waals surface area contributed by atoms with Crippen LogP contribution in [0.3, 0.4) is 0 Å². The van der Waals surface area contributed by atoms with E-state index < -0.39 is 0 Å². The molecule has 100 valence electrons. The molecule has 0 atom stereocenters. The van der Waals surface area contributed by atoms with E-state index in [9.17, 15) is 0 Å². The zero-order valence-corrected chi connectivity index (χ0v) is 11.4. The fourth-order valence-electron chi connectivity index (χ4n) is 2.25. The summed E-state index contributed by atoms with van der Waals surface area (Å²) < 4.78 is 7.56. The number of aryl methyl sites for hydroxylation is 1. The largest absolute Gasteiger partial charge is 0.493 e. The molecule has 0 spiro atoms. The Balaban J connectivity index is 1.69. The lowest BCUT2D eigenvalue weighted by Gasteiger charge is -2.10. The molecule has 0 saturated heterocycles. The Morgan fingerprint density at radius 3 is 3.11 bits per heavy atom. The van der Waals surface area contributed by atoms with Gasteiger partial charge >= 0.3 is 0 Å². The lowest BCUT2D eigenvalue weighted by Crippen LogP contribution is -2.16. The maximum absolute atomic E-state index is 6.12. The molecule has 0 bridgehead atoms. The molecule has 0 unspecified atom stereocenters. The van der Waals surface area contributed by atoms with Crippen molar-refractivity contribution in [2.24, 2.45) is 7.05 Å². The van der Waals surface area contributed by atoms with E-state index in [1.807, 2.05) is 23.7 Å². The third-order valence-corrected chi connectivity index (χ3v) is 3.45. The van der Waals surface area contributed by atoms with Gasteiger partial charge in [0.2, 0.25) is 0 Å². The number of aromatic nitrogens is 3. The Morgan fingerprint density at radius 1 is 1.42 bits per heavy atom. The second-order valence-electron chi connectivity index (χ2n) is 4.61. The molecule has 0 amide bonds. The molecule has 6 heteroatoms. The first kappa shape index (κ1) is 12.4. The number of benzene rings is 1. The van der Waals surface area contributed by atoms with Crippen LogP contribution < -0.4 is 10.1 Å². The van der Waals surface area contributed by atoms with E-state index in [1.54, 1.807) is 6.33 Å². The van der Waals surface area contributed by atoms with Crippen LogP contribution in [-0.4, -0.2) is 21.4 Å². The highest BCUT2D eigenvalue weighted by Crippen LogP contribution is 2.32. The van der Waals surface area contributed by atoms with Crippen molar-refractivity contribution in [3.8, 4) is 5.75 Å². The van der Waals surface area contributed by atoms with Gasteiger partial charge in [-0.2, -0.15) is 0 Å². The van der Waals surface area contributed by atoms with Crippen LogP contribution in [-0.2, 0) is 26.6 Å². The fraction of sp³-hybridized carbons (Fsp3) is 0.385. The number of fused-ring (bicyclic) bond motifs is 1. The minimum atomic E-state index is 0.664. The van der Waals surface area contributed by atoms with Crippen LogP contribution in [0.1, 0.15) is 17.0 Å². The van der Waals surface area contributed by atoms with Crippen LogP contribution >= 0.6 is 11.6 Å². The molecule has 1 aliphatic rings. The maximum Gasteiger partial charge on any atom is 0.146 e. The lowest BCUT2D eigenvalue weighted by molar-refractivity contribution is 0.352. The molecular formula is C13H15ClN4O. The second kappa shape index (κ2) is 5.19. The molecule has 0 fully saturated rings. The van der Waals surface area contributed by atoms with Crippen molar-refractivity contribution in [1.29, 1.82) is 0 Å². The van der Waals surface area contributed by atoms with E-state index in [-0.39, 0.29) is 0 Å².